The standard InChI is InChI=1S/C20H15N3O4S7/c1-2-23-15-17(21-33(24,25)13-9-5-3-6-10-13)29-31-19(15)28-20-16(23)18(30-32-20)22-34(26,27)14-11-7-4-8-12-14/h3-12H,2H2,1H3/b21-17-,22-18-. The van der Waals surface area contributed by atoms with E-state index in [4.69, 9.17) is 0 Å². The third kappa shape index (κ3) is 4.43. The Hall–Kier alpha value is -1.81. The van der Waals surface area contributed by atoms with Gasteiger partial charge in [-0.1, -0.05) is 89.5 Å². The Morgan fingerprint density at radius 3 is 1.47 bits per heavy atom. The molecule has 0 saturated carbocycles. The summed E-state index contributed by atoms with van der Waals surface area (Å²) in [4.78, 5) is 2.16. The van der Waals surface area contributed by atoms with Crippen LogP contribution in [0, 0.1) is 0 Å². The van der Waals surface area contributed by atoms with Gasteiger partial charge in [0, 0.05) is 6.54 Å². The molecule has 0 spiro atoms. The van der Waals surface area contributed by atoms with Crippen molar-refractivity contribution in [3.05, 3.63) is 70.0 Å². The minimum atomic E-state index is -3.90. The molecule has 0 unspecified atom stereocenters. The van der Waals surface area contributed by atoms with Crippen LogP contribution in [0.3, 0.4) is 0 Å². The Morgan fingerprint density at radius 1 is 0.676 bits per heavy atom. The van der Waals surface area contributed by atoms with Gasteiger partial charge in [0.2, 0.25) is 0 Å². The minimum absolute atomic E-state index is 0.122. The van der Waals surface area contributed by atoms with E-state index in [2.05, 4.69) is 8.80 Å². The normalized spacial score (nSPS) is 14.8. The quantitative estimate of drug-likeness (QED) is 0.301. The Bertz CT molecular complexity index is 1570. The van der Waals surface area contributed by atoms with Gasteiger partial charge >= 0.3 is 0 Å². The van der Waals surface area contributed by atoms with E-state index in [0.29, 0.717) is 27.3 Å². The number of nitrogens with zero attached hydrogens (tertiary/aromatic N) is 3. The molecule has 0 N–H and O–H groups in total. The molecule has 0 fully saturated rings. The Labute approximate surface area is 215 Å². The van der Waals surface area contributed by atoms with Crippen molar-refractivity contribution in [1.29, 1.82) is 0 Å². The lowest BCUT2D eigenvalue weighted by molar-refractivity contribution is 0.595. The van der Waals surface area contributed by atoms with Gasteiger partial charge in [-0.05, 0) is 31.2 Å². The van der Waals surface area contributed by atoms with E-state index in [1.165, 1.54) is 77.4 Å². The molecule has 1 aliphatic rings. The van der Waals surface area contributed by atoms with Gasteiger partial charge in [-0.15, -0.1) is 8.80 Å². The average Bonchev–Trinajstić information content (AvgIpc) is 3.42. The fraction of sp³-hybridized carbons (Fsp3) is 0.100. The van der Waals surface area contributed by atoms with E-state index >= 15 is 0 Å². The van der Waals surface area contributed by atoms with E-state index in [-0.39, 0.29) is 9.79 Å². The molecular formula is C20H15N3O4S7. The van der Waals surface area contributed by atoms with Crippen molar-refractivity contribution in [3.8, 4) is 0 Å². The SMILES string of the molecule is CCN1c2c(ss/c2=N\S(=O)(=O)c2ccccc2)Sc2ss/c(=N\S(=O)(=O)c3ccccc3)c21. The first-order valence-corrected chi connectivity index (χ1v) is 17.7. The van der Waals surface area contributed by atoms with Crippen molar-refractivity contribution in [2.24, 2.45) is 8.80 Å². The zero-order chi connectivity index (χ0) is 23.9. The van der Waals surface area contributed by atoms with E-state index in [1.807, 2.05) is 11.8 Å². The Morgan fingerprint density at radius 2 is 1.09 bits per heavy atom. The smallest absolute Gasteiger partial charge is 0.283 e. The predicted molar refractivity (Wildman–Crippen MR) is 140 cm³/mol. The maximum atomic E-state index is 12.9. The molecule has 176 valence electrons. The van der Waals surface area contributed by atoms with Crippen LogP contribution >= 0.6 is 53.1 Å². The van der Waals surface area contributed by atoms with Gasteiger partial charge in [-0.25, -0.2) is 0 Å². The van der Waals surface area contributed by atoms with Crippen LogP contribution in [0.4, 0.5) is 11.4 Å². The van der Waals surface area contributed by atoms with Crippen molar-refractivity contribution in [3.63, 3.8) is 0 Å². The number of anilines is 2. The van der Waals surface area contributed by atoms with Crippen LogP contribution in [0.25, 0.3) is 0 Å². The van der Waals surface area contributed by atoms with Crippen molar-refractivity contribution in [2.45, 2.75) is 25.1 Å². The number of sulfonamides is 2. The molecular weight excluding hydrogens is 571 g/mol. The molecule has 0 atom stereocenters. The summed E-state index contributed by atoms with van der Waals surface area (Å²) >= 11 is 1.49. The second-order valence-corrected chi connectivity index (χ2v) is 15.8. The molecule has 5 rings (SSSR count). The highest BCUT2D eigenvalue weighted by atomic mass is 32.9. The molecule has 0 bridgehead atoms. The molecule has 4 aromatic rings. The van der Waals surface area contributed by atoms with Crippen LogP contribution in [0.15, 0.2) is 87.7 Å². The molecule has 3 heterocycles. The van der Waals surface area contributed by atoms with Gasteiger partial charge in [0.1, 0.15) is 19.8 Å². The molecule has 2 aromatic carbocycles. The van der Waals surface area contributed by atoms with E-state index in [9.17, 15) is 16.8 Å². The summed E-state index contributed by atoms with van der Waals surface area (Å²) in [6, 6.07) is 16.2. The zero-order valence-electron chi connectivity index (χ0n) is 17.3. The highest BCUT2D eigenvalue weighted by Crippen LogP contribution is 2.51. The molecule has 2 aromatic heterocycles. The molecule has 1 aliphatic heterocycles. The number of fused-ring (bicyclic) bond motifs is 2. The van der Waals surface area contributed by atoms with Crippen molar-refractivity contribution >= 4 is 84.5 Å². The first-order valence-electron chi connectivity index (χ1n) is 9.74. The van der Waals surface area contributed by atoms with E-state index < -0.39 is 20.0 Å². The topological polar surface area (TPSA) is 96.2 Å². The van der Waals surface area contributed by atoms with Gasteiger partial charge in [-0.2, -0.15) is 16.8 Å². The van der Waals surface area contributed by atoms with Crippen LogP contribution in [-0.4, -0.2) is 23.4 Å². The Kier molecular flexibility index (Phi) is 6.56. The lowest BCUT2D eigenvalue weighted by Gasteiger charge is -2.26. The number of benzene rings is 2. The summed E-state index contributed by atoms with van der Waals surface area (Å²) in [7, 11) is -2.30. The van der Waals surface area contributed by atoms with Crippen LogP contribution in [-0.2, 0) is 20.0 Å². The average molecular weight is 586 g/mol. The summed E-state index contributed by atoms with van der Waals surface area (Å²) in [5.41, 5.74) is 1.35. The van der Waals surface area contributed by atoms with Crippen LogP contribution < -0.4 is 14.2 Å². The summed E-state index contributed by atoms with van der Waals surface area (Å²) < 4.78 is 62.5. The lowest BCUT2D eigenvalue weighted by Crippen LogP contribution is -2.28. The van der Waals surface area contributed by atoms with E-state index in [1.54, 1.807) is 36.4 Å². The molecule has 7 nitrogen and oxygen atoms in total. The number of rotatable bonds is 5. The first-order chi connectivity index (χ1) is 16.3. The summed E-state index contributed by atoms with van der Waals surface area (Å²) in [5, 5.41) is 0. The van der Waals surface area contributed by atoms with Crippen LogP contribution in [0.1, 0.15) is 6.92 Å². The molecule has 34 heavy (non-hydrogen) atoms. The molecule has 0 saturated heterocycles. The second-order valence-electron chi connectivity index (χ2n) is 6.82. The molecule has 0 radical (unpaired) electrons. The highest BCUT2D eigenvalue weighted by molar-refractivity contribution is 8.06. The second kappa shape index (κ2) is 9.33. The molecule has 0 aliphatic carbocycles. The maximum Gasteiger partial charge on any atom is 0.283 e. The van der Waals surface area contributed by atoms with Crippen molar-refractivity contribution < 1.29 is 16.8 Å². The summed E-state index contributed by atoms with van der Waals surface area (Å²) in [6.45, 7) is 2.43. The van der Waals surface area contributed by atoms with E-state index in [0.717, 1.165) is 8.42 Å². The maximum absolute atomic E-state index is 12.9. The van der Waals surface area contributed by atoms with Crippen LogP contribution in [0.5, 0.6) is 0 Å². The molecule has 0 amide bonds. The van der Waals surface area contributed by atoms with Crippen molar-refractivity contribution in [2.75, 3.05) is 11.4 Å². The number of hydrogen-bond acceptors (Lipinski definition) is 10. The zero-order valence-corrected chi connectivity index (χ0v) is 23.0. The number of hydrogen-bond donors (Lipinski definition) is 0. The highest BCUT2D eigenvalue weighted by Gasteiger charge is 2.31. The van der Waals surface area contributed by atoms with Gasteiger partial charge in [-0.3, -0.25) is 0 Å². The van der Waals surface area contributed by atoms with Gasteiger partial charge < -0.3 is 4.90 Å². The minimum Gasteiger partial charge on any atom is -0.334 e. The lowest BCUT2D eigenvalue weighted by atomic mass is 10.4. The Balaban J connectivity index is 1.65. The monoisotopic (exact) mass is 585 g/mol. The largest absolute Gasteiger partial charge is 0.334 e. The van der Waals surface area contributed by atoms with Gasteiger partial charge in [0.25, 0.3) is 20.0 Å². The fourth-order valence-corrected chi connectivity index (χ4v) is 12.9. The summed E-state index contributed by atoms with van der Waals surface area (Å²) in [5.74, 6) is 0. The first kappa shape index (κ1) is 23.9. The summed E-state index contributed by atoms with van der Waals surface area (Å²) in [6.07, 6.45) is 0. The van der Waals surface area contributed by atoms with Crippen molar-refractivity contribution in [1.82, 2.24) is 0 Å². The molecule has 14 heteroatoms. The fourth-order valence-electron chi connectivity index (χ4n) is 3.21. The third-order valence-electron chi connectivity index (χ3n) is 4.71. The predicted octanol–water partition coefficient (Wildman–Crippen LogP) is 5.13. The van der Waals surface area contributed by atoms with Crippen LogP contribution in [0.2, 0.25) is 0 Å². The van der Waals surface area contributed by atoms with Gasteiger partial charge in [0.15, 0.2) is 9.34 Å². The third-order valence-corrected chi connectivity index (χ3v) is 14.1. The van der Waals surface area contributed by atoms with Gasteiger partial charge in [0.05, 0.1) is 9.79 Å².